The molecule has 3 nitrogen and oxygen atoms in total. The van der Waals surface area contributed by atoms with Gasteiger partial charge < -0.3 is 4.90 Å². The predicted octanol–water partition coefficient (Wildman–Crippen LogP) is 4.82. The number of rotatable bonds is 5. The van der Waals surface area contributed by atoms with Crippen LogP contribution in [0.4, 0.5) is 4.39 Å². The van der Waals surface area contributed by atoms with Crippen molar-refractivity contribution >= 4 is 28.6 Å². The second-order valence-electron chi connectivity index (χ2n) is 5.79. The van der Waals surface area contributed by atoms with Crippen LogP contribution >= 0.6 is 22.7 Å². The molecule has 1 aliphatic rings. The summed E-state index contributed by atoms with van der Waals surface area (Å²) in [6.45, 7) is 0.643. The highest BCUT2D eigenvalue weighted by atomic mass is 32.1. The molecule has 2 aromatic heterocycles. The predicted molar refractivity (Wildman–Crippen MR) is 94.7 cm³/mol. The van der Waals surface area contributed by atoms with Gasteiger partial charge in [-0.05, 0) is 48.6 Å². The zero-order valence-corrected chi connectivity index (χ0v) is 14.4. The van der Waals surface area contributed by atoms with Crippen LogP contribution in [0.3, 0.4) is 0 Å². The number of amides is 1. The summed E-state index contributed by atoms with van der Waals surface area (Å²) in [4.78, 5) is 20.5. The first-order valence-electron chi connectivity index (χ1n) is 7.75. The molecule has 0 bridgehead atoms. The van der Waals surface area contributed by atoms with Crippen LogP contribution in [-0.4, -0.2) is 21.8 Å². The van der Waals surface area contributed by atoms with Crippen molar-refractivity contribution in [1.29, 1.82) is 0 Å². The third kappa shape index (κ3) is 3.25. The molecule has 0 spiro atoms. The first-order valence-corrected chi connectivity index (χ1v) is 9.51. The average Bonchev–Trinajstić information content (AvgIpc) is 3.10. The van der Waals surface area contributed by atoms with Gasteiger partial charge in [-0.2, -0.15) is 0 Å². The topological polar surface area (TPSA) is 33.2 Å². The summed E-state index contributed by atoms with van der Waals surface area (Å²) >= 11 is 3.08. The molecule has 1 amide bonds. The van der Waals surface area contributed by atoms with E-state index in [-0.39, 0.29) is 11.7 Å². The van der Waals surface area contributed by atoms with Crippen LogP contribution in [0.5, 0.6) is 0 Å². The molecule has 4 rings (SSSR count). The van der Waals surface area contributed by atoms with Crippen molar-refractivity contribution in [2.45, 2.75) is 25.4 Å². The fourth-order valence-corrected chi connectivity index (χ4v) is 4.07. The normalized spacial score (nSPS) is 13.9. The van der Waals surface area contributed by atoms with Gasteiger partial charge in [0.25, 0.3) is 5.91 Å². The number of halogens is 1. The number of hydrogen-bond acceptors (Lipinski definition) is 4. The quantitative estimate of drug-likeness (QED) is 0.655. The van der Waals surface area contributed by atoms with Gasteiger partial charge in [0.15, 0.2) is 0 Å². The van der Waals surface area contributed by atoms with E-state index in [9.17, 15) is 9.18 Å². The molecular formula is C18H15FN2OS2. The van der Waals surface area contributed by atoms with Crippen molar-refractivity contribution in [2.75, 3.05) is 0 Å². The van der Waals surface area contributed by atoms with Gasteiger partial charge in [-0.25, -0.2) is 9.37 Å². The maximum absolute atomic E-state index is 13.0. The largest absolute Gasteiger partial charge is 0.329 e. The Bertz CT molecular complexity index is 838. The molecule has 2 heterocycles. The number of carbonyl (C=O) groups excluding carboxylic acids is 1. The van der Waals surface area contributed by atoms with E-state index in [1.54, 1.807) is 28.8 Å². The first-order chi connectivity index (χ1) is 11.7. The fraction of sp³-hybridized carbons (Fsp3) is 0.222. The molecule has 0 radical (unpaired) electrons. The number of hydrogen-bond donors (Lipinski definition) is 0. The zero-order chi connectivity index (χ0) is 16.5. The van der Waals surface area contributed by atoms with Crippen LogP contribution in [0, 0.1) is 5.82 Å². The molecule has 0 unspecified atom stereocenters. The third-order valence-corrected chi connectivity index (χ3v) is 5.72. The van der Waals surface area contributed by atoms with Crippen molar-refractivity contribution < 1.29 is 9.18 Å². The number of benzene rings is 1. The minimum Gasteiger partial charge on any atom is -0.329 e. The highest BCUT2D eigenvalue weighted by molar-refractivity contribution is 7.13. The molecule has 1 aliphatic carbocycles. The van der Waals surface area contributed by atoms with Gasteiger partial charge in [-0.1, -0.05) is 6.07 Å². The summed E-state index contributed by atoms with van der Waals surface area (Å²) in [6.07, 6.45) is 2.12. The highest BCUT2D eigenvalue weighted by Gasteiger charge is 2.34. The van der Waals surface area contributed by atoms with Gasteiger partial charge in [-0.15, -0.1) is 22.7 Å². The summed E-state index contributed by atoms with van der Waals surface area (Å²) in [5, 5.41) is 4.57. The Labute approximate surface area is 147 Å². The number of aromatic nitrogens is 1. The minimum absolute atomic E-state index is 0.0180. The molecule has 0 saturated heterocycles. The van der Waals surface area contributed by atoms with Crippen LogP contribution in [0.2, 0.25) is 0 Å². The maximum Gasteiger partial charge on any atom is 0.273 e. The van der Waals surface area contributed by atoms with E-state index >= 15 is 0 Å². The SMILES string of the molecule is O=C(c1csc(-c2ccc(F)cc2)n1)N(Cc1cccs1)C1CC1. The lowest BCUT2D eigenvalue weighted by atomic mass is 10.2. The minimum atomic E-state index is -0.275. The van der Waals surface area contributed by atoms with Crippen molar-refractivity contribution in [3.05, 3.63) is 63.5 Å². The van der Waals surface area contributed by atoms with Crippen molar-refractivity contribution in [3.8, 4) is 10.6 Å². The molecule has 0 aliphatic heterocycles. The van der Waals surface area contributed by atoms with Crippen molar-refractivity contribution in [1.82, 2.24) is 9.88 Å². The van der Waals surface area contributed by atoms with Gasteiger partial charge in [-0.3, -0.25) is 4.79 Å². The number of thiophene rings is 1. The Morgan fingerprint density at radius 3 is 2.67 bits per heavy atom. The van der Waals surface area contributed by atoms with Crippen molar-refractivity contribution in [2.24, 2.45) is 0 Å². The van der Waals surface area contributed by atoms with Crippen molar-refractivity contribution in [3.63, 3.8) is 0 Å². The van der Waals surface area contributed by atoms with Crippen LogP contribution in [0.25, 0.3) is 10.6 Å². The Balaban J connectivity index is 1.56. The van der Waals surface area contributed by atoms with Gasteiger partial charge in [0.2, 0.25) is 0 Å². The van der Waals surface area contributed by atoms with E-state index in [0.29, 0.717) is 18.3 Å². The summed E-state index contributed by atoms with van der Waals surface area (Å²) in [7, 11) is 0. The highest BCUT2D eigenvalue weighted by Crippen LogP contribution is 2.32. The second kappa shape index (κ2) is 6.45. The van der Waals surface area contributed by atoms with E-state index in [1.807, 2.05) is 16.3 Å². The van der Waals surface area contributed by atoms with Gasteiger partial charge in [0.05, 0.1) is 6.54 Å². The molecule has 3 aromatic rings. The molecule has 6 heteroatoms. The summed E-state index contributed by atoms with van der Waals surface area (Å²) in [6, 6.07) is 10.6. The van der Waals surface area contributed by atoms with Crippen LogP contribution < -0.4 is 0 Å². The molecule has 0 atom stereocenters. The number of nitrogens with zero attached hydrogens (tertiary/aromatic N) is 2. The van der Waals surface area contributed by atoms with E-state index in [4.69, 9.17) is 0 Å². The Hall–Kier alpha value is -2.05. The molecule has 24 heavy (non-hydrogen) atoms. The van der Waals surface area contributed by atoms with E-state index < -0.39 is 0 Å². The summed E-state index contributed by atoms with van der Waals surface area (Å²) in [5.41, 5.74) is 1.31. The molecule has 122 valence electrons. The van der Waals surface area contributed by atoms with Gasteiger partial charge in [0, 0.05) is 21.9 Å². The molecule has 1 fully saturated rings. The first kappa shape index (κ1) is 15.5. The fourth-order valence-electron chi connectivity index (χ4n) is 2.57. The summed E-state index contributed by atoms with van der Waals surface area (Å²) < 4.78 is 13.0. The van der Waals surface area contributed by atoms with Crippen LogP contribution in [-0.2, 0) is 6.54 Å². The van der Waals surface area contributed by atoms with E-state index in [2.05, 4.69) is 11.1 Å². The van der Waals surface area contributed by atoms with Crippen LogP contribution in [0.15, 0.2) is 47.2 Å². The molecule has 1 saturated carbocycles. The number of thiazole rings is 1. The zero-order valence-electron chi connectivity index (χ0n) is 12.8. The molecule has 0 N–H and O–H groups in total. The Kier molecular flexibility index (Phi) is 4.16. The smallest absolute Gasteiger partial charge is 0.273 e. The van der Waals surface area contributed by atoms with Gasteiger partial charge >= 0.3 is 0 Å². The summed E-state index contributed by atoms with van der Waals surface area (Å²) in [5.74, 6) is -0.294. The molecular weight excluding hydrogens is 343 g/mol. The average molecular weight is 358 g/mol. The second-order valence-corrected chi connectivity index (χ2v) is 7.68. The lowest BCUT2D eigenvalue weighted by Gasteiger charge is -2.20. The molecule has 1 aromatic carbocycles. The third-order valence-electron chi connectivity index (χ3n) is 3.97. The number of carbonyl (C=O) groups is 1. The van der Waals surface area contributed by atoms with Crippen LogP contribution in [0.1, 0.15) is 28.2 Å². The lowest BCUT2D eigenvalue weighted by Crippen LogP contribution is -2.32. The Morgan fingerprint density at radius 1 is 1.21 bits per heavy atom. The van der Waals surface area contributed by atoms with Gasteiger partial charge in [0.1, 0.15) is 16.5 Å². The Morgan fingerprint density at radius 2 is 2.00 bits per heavy atom. The van der Waals surface area contributed by atoms with E-state index in [0.717, 1.165) is 23.4 Å². The standard InChI is InChI=1S/C18H15FN2OS2/c19-13-5-3-12(4-6-13)17-20-16(11-24-17)18(22)21(14-7-8-14)10-15-2-1-9-23-15/h1-6,9,11,14H,7-8,10H2. The lowest BCUT2D eigenvalue weighted by molar-refractivity contribution is 0.0726. The van der Waals surface area contributed by atoms with E-state index in [1.165, 1.54) is 28.3 Å². The maximum atomic E-state index is 13.0. The monoisotopic (exact) mass is 358 g/mol.